The Bertz CT molecular complexity index is 2720. The van der Waals surface area contributed by atoms with Crippen LogP contribution in [0.3, 0.4) is 0 Å². The normalized spacial score (nSPS) is 12.2. The van der Waals surface area contributed by atoms with Crippen LogP contribution < -0.4 is 20.1 Å². The first-order valence-electron chi connectivity index (χ1n) is 18.8. The Morgan fingerprint density at radius 2 is 1.65 bits per heavy atom. The minimum atomic E-state index is -4.49. The fraction of sp³-hybridized carbons (Fsp3) is 0.209. The lowest BCUT2D eigenvalue weighted by atomic mass is 9.98. The Hall–Kier alpha value is -7.01. The zero-order valence-corrected chi connectivity index (χ0v) is 33.3. The quantitative estimate of drug-likeness (QED) is 0.106. The standard InChI is InChI=1S/C43H39F2N7O7S/c1-26(53)52-23-30-5-3-4-27(36(30)24-52)8-13-41(54)47-16-17-48-43(55)59-25-33-10-6-29(21-49-33)34-14-15-46-38-11-7-28(18-35(34)38)31-19-39(42(58-2)50-22-31)51-60(56,57)40-12-9-32(44)20-37(40)45/h3-7,9-12,14-15,18-22,51H,8,13,16-17,23-25H2,1-2H3,(H,47,54)(H,48,55). The first-order valence-corrected chi connectivity index (χ1v) is 20.3. The molecule has 0 spiro atoms. The number of fused-ring (bicyclic) bond motifs is 2. The number of halogens is 2. The molecule has 0 fully saturated rings. The highest BCUT2D eigenvalue weighted by molar-refractivity contribution is 7.92. The summed E-state index contributed by atoms with van der Waals surface area (Å²) in [4.78, 5) is 50.9. The van der Waals surface area contributed by atoms with Crippen molar-refractivity contribution in [2.75, 3.05) is 24.9 Å². The van der Waals surface area contributed by atoms with E-state index in [4.69, 9.17) is 9.47 Å². The maximum atomic E-state index is 14.4. The van der Waals surface area contributed by atoms with E-state index in [2.05, 4.69) is 30.3 Å². The average Bonchev–Trinajstić information content (AvgIpc) is 3.69. The Morgan fingerprint density at radius 3 is 2.42 bits per heavy atom. The maximum absolute atomic E-state index is 14.4. The van der Waals surface area contributed by atoms with Crippen LogP contribution in [0.5, 0.6) is 5.88 Å². The van der Waals surface area contributed by atoms with Gasteiger partial charge in [-0.05, 0) is 76.7 Å². The van der Waals surface area contributed by atoms with Crippen molar-refractivity contribution in [3.63, 3.8) is 0 Å². The number of carbonyl (C=O) groups excluding carboxylic acids is 3. The van der Waals surface area contributed by atoms with Gasteiger partial charge in [-0.1, -0.05) is 30.3 Å². The highest BCUT2D eigenvalue weighted by Gasteiger charge is 2.24. The molecular weight excluding hydrogens is 797 g/mol. The van der Waals surface area contributed by atoms with Gasteiger partial charge in [-0.15, -0.1) is 0 Å². The fourth-order valence-corrected chi connectivity index (χ4v) is 7.94. The monoisotopic (exact) mass is 835 g/mol. The molecule has 60 heavy (non-hydrogen) atoms. The highest BCUT2D eigenvalue weighted by atomic mass is 32.2. The predicted octanol–water partition coefficient (Wildman–Crippen LogP) is 6.28. The largest absolute Gasteiger partial charge is 0.480 e. The van der Waals surface area contributed by atoms with Crippen LogP contribution in [0.25, 0.3) is 33.2 Å². The van der Waals surface area contributed by atoms with Gasteiger partial charge in [0, 0.05) is 80.7 Å². The molecule has 308 valence electrons. The number of sulfonamides is 1. The van der Waals surface area contributed by atoms with Crippen molar-refractivity contribution in [2.45, 2.75) is 44.4 Å². The van der Waals surface area contributed by atoms with Crippen molar-refractivity contribution >= 4 is 44.5 Å². The second kappa shape index (κ2) is 17.9. The van der Waals surface area contributed by atoms with E-state index in [0.29, 0.717) is 47.9 Å². The van der Waals surface area contributed by atoms with E-state index < -0.39 is 32.6 Å². The van der Waals surface area contributed by atoms with Gasteiger partial charge in [0.2, 0.25) is 17.7 Å². The van der Waals surface area contributed by atoms with Gasteiger partial charge in [-0.3, -0.25) is 24.3 Å². The number of aryl methyl sites for hydroxylation is 1. The van der Waals surface area contributed by atoms with Crippen molar-refractivity contribution in [1.29, 1.82) is 0 Å². The summed E-state index contributed by atoms with van der Waals surface area (Å²) in [5.74, 6) is -2.36. The van der Waals surface area contributed by atoms with Crippen LogP contribution in [0, 0.1) is 11.6 Å². The molecule has 0 radical (unpaired) electrons. The minimum Gasteiger partial charge on any atom is -0.480 e. The zero-order chi connectivity index (χ0) is 42.4. The molecule has 6 aromatic rings. The van der Waals surface area contributed by atoms with Gasteiger partial charge >= 0.3 is 6.09 Å². The molecule has 0 aliphatic carbocycles. The number of alkyl carbamates (subject to hydrolysis) is 1. The Kier molecular flexibility index (Phi) is 12.3. The summed E-state index contributed by atoms with van der Waals surface area (Å²) in [6.07, 6.45) is 4.96. The number of carbonyl (C=O) groups is 3. The summed E-state index contributed by atoms with van der Waals surface area (Å²) < 4.78 is 66.9. The molecule has 7 rings (SSSR count). The molecule has 0 unspecified atom stereocenters. The number of hydrogen-bond donors (Lipinski definition) is 3. The van der Waals surface area contributed by atoms with Gasteiger partial charge in [-0.2, -0.15) is 0 Å². The lowest BCUT2D eigenvalue weighted by Crippen LogP contribution is -2.35. The Balaban J connectivity index is 0.932. The number of rotatable bonds is 14. The zero-order valence-electron chi connectivity index (χ0n) is 32.5. The highest BCUT2D eigenvalue weighted by Crippen LogP contribution is 2.34. The van der Waals surface area contributed by atoms with Crippen molar-refractivity contribution in [2.24, 2.45) is 0 Å². The fourth-order valence-electron chi connectivity index (χ4n) is 6.83. The number of benzene rings is 3. The van der Waals surface area contributed by atoms with E-state index in [1.54, 1.807) is 42.4 Å². The van der Waals surface area contributed by atoms with Crippen molar-refractivity contribution in [3.8, 4) is 28.1 Å². The number of anilines is 1. The van der Waals surface area contributed by atoms with Crippen LogP contribution in [-0.4, -0.2) is 66.4 Å². The van der Waals surface area contributed by atoms with E-state index >= 15 is 0 Å². The second-order valence-electron chi connectivity index (χ2n) is 13.9. The van der Waals surface area contributed by atoms with Crippen LogP contribution in [0.1, 0.15) is 35.7 Å². The summed E-state index contributed by atoms with van der Waals surface area (Å²) in [5, 5.41) is 6.18. The van der Waals surface area contributed by atoms with E-state index in [0.717, 1.165) is 45.3 Å². The first kappa shape index (κ1) is 41.2. The summed E-state index contributed by atoms with van der Waals surface area (Å²) in [5.41, 5.74) is 7.08. The SMILES string of the molecule is COc1ncc(-c2ccc3nccc(-c4ccc(COC(=O)NCCNC(=O)CCc5cccc6c5CN(C(C)=O)C6)nc4)c3c2)cc1NS(=O)(=O)c1ccc(F)cc1F. The number of nitrogens with one attached hydrogen (secondary N) is 3. The van der Waals surface area contributed by atoms with E-state index in [1.807, 2.05) is 36.4 Å². The molecule has 0 saturated carbocycles. The molecule has 0 bridgehead atoms. The third-order valence-electron chi connectivity index (χ3n) is 9.90. The van der Waals surface area contributed by atoms with Crippen molar-refractivity contribution < 1.29 is 41.1 Å². The Labute approximate surface area is 344 Å². The third-order valence-corrected chi connectivity index (χ3v) is 11.3. The number of amides is 3. The summed E-state index contributed by atoms with van der Waals surface area (Å²) in [6.45, 7) is 2.99. The molecule has 1 aliphatic rings. The van der Waals surface area contributed by atoms with Gasteiger partial charge in [0.05, 0.1) is 18.3 Å². The molecule has 3 N–H and O–H groups in total. The number of ether oxygens (including phenoxy) is 2. The predicted molar refractivity (Wildman–Crippen MR) is 218 cm³/mol. The summed E-state index contributed by atoms with van der Waals surface area (Å²) in [7, 11) is -3.18. The molecule has 4 heterocycles. The third kappa shape index (κ3) is 9.47. The molecule has 14 nitrogen and oxygen atoms in total. The van der Waals surface area contributed by atoms with E-state index in [9.17, 15) is 31.6 Å². The minimum absolute atomic E-state index is 0.0194. The molecular formula is C43H39F2N7O7S. The number of nitrogens with zero attached hydrogens (tertiary/aromatic N) is 4. The van der Waals surface area contributed by atoms with Crippen LogP contribution in [0.15, 0.2) is 102 Å². The number of pyridine rings is 3. The lowest BCUT2D eigenvalue weighted by molar-refractivity contribution is -0.129. The summed E-state index contributed by atoms with van der Waals surface area (Å²) in [6, 6.07) is 20.4. The maximum Gasteiger partial charge on any atom is 0.407 e. The summed E-state index contributed by atoms with van der Waals surface area (Å²) >= 11 is 0. The van der Waals surface area contributed by atoms with Gasteiger partial charge < -0.3 is 25.0 Å². The topological polar surface area (TPSA) is 182 Å². The van der Waals surface area contributed by atoms with E-state index in [-0.39, 0.29) is 49.5 Å². The van der Waals surface area contributed by atoms with Crippen LogP contribution >= 0.6 is 0 Å². The molecule has 3 aromatic heterocycles. The van der Waals surface area contributed by atoms with Gasteiger partial charge in [0.15, 0.2) is 0 Å². The second-order valence-corrected chi connectivity index (χ2v) is 15.5. The number of aromatic nitrogens is 3. The first-order chi connectivity index (χ1) is 28.9. The van der Waals surface area contributed by atoms with Gasteiger partial charge in [-0.25, -0.2) is 27.0 Å². The smallest absolute Gasteiger partial charge is 0.407 e. The van der Waals surface area contributed by atoms with Crippen molar-refractivity contribution in [1.82, 2.24) is 30.5 Å². The average molecular weight is 836 g/mol. The molecule has 17 heteroatoms. The van der Waals surface area contributed by atoms with Crippen molar-refractivity contribution in [3.05, 3.63) is 131 Å². The molecule has 0 saturated heterocycles. The molecule has 1 aliphatic heterocycles. The van der Waals surface area contributed by atoms with E-state index in [1.165, 1.54) is 19.4 Å². The van der Waals surface area contributed by atoms with Crippen LogP contribution in [-0.2, 0) is 50.5 Å². The molecule has 3 amide bonds. The van der Waals surface area contributed by atoms with Gasteiger partial charge in [0.25, 0.3) is 10.0 Å². The number of hydrogen-bond acceptors (Lipinski definition) is 10. The van der Waals surface area contributed by atoms with Crippen LogP contribution in [0.2, 0.25) is 0 Å². The number of methoxy groups -OCH3 is 1. The molecule has 0 atom stereocenters. The van der Waals surface area contributed by atoms with Gasteiger partial charge in [0.1, 0.15) is 28.8 Å². The lowest BCUT2D eigenvalue weighted by Gasteiger charge is -2.14. The Morgan fingerprint density at radius 1 is 0.850 bits per heavy atom. The molecule has 3 aromatic carbocycles. The van der Waals surface area contributed by atoms with Crippen LogP contribution in [0.4, 0.5) is 19.3 Å².